The number of nitrogens with one attached hydrogen (secondary N) is 2. The quantitative estimate of drug-likeness (QED) is 0.455. The lowest BCUT2D eigenvalue weighted by atomic mass is 9.54. The van der Waals surface area contributed by atoms with Gasteiger partial charge in [0.05, 0.1) is 17.6 Å². The third-order valence-electron chi connectivity index (χ3n) is 7.96. The number of carboxylic acid groups (broad SMARTS) is 1. The van der Waals surface area contributed by atoms with Gasteiger partial charge < -0.3 is 15.7 Å². The van der Waals surface area contributed by atoms with Crippen molar-refractivity contribution < 1.29 is 9.90 Å². The molecule has 1 atom stereocenters. The molecule has 6 heteroatoms. The van der Waals surface area contributed by atoms with Crippen LogP contribution in [0.1, 0.15) is 99.0 Å². The Hall–Kier alpha value is -1.76. The molecule has 0 amide bonds. The Morgan fingerprint density at radius 2 is 1.42 bits per heavy atom. The van der Waals surface area contributed by atoms with Gasteiger partial charge in [-0.25, -0.2) is 4.79 Å². The minimum absolute atomic E-state index is 0.00776. The first-order valence-electron chi connectivity index (χ1n) is 14.3. The van der Waals surface area contributed by atoms with E-state index in [2.05, 4.69) is 98.6 Å². The summed E-state index contributed by atoms with van der Waals surface area (Å²) in [6, 6.07) is 7.59. The van der Waals surface area contributed by atoms with Crippen LogP contribution in [-0.2, 0) is 6.42 Å². The van der Waals surface area contributed by atoms with E-state index in [0.717, 1.165) is 31.7 Å². The fourth-order valence-electron chi connectivity index (χ4n) is 6.91. The molecule has 1 aromatic carbocycles. The van der Waals surface area contributed by atoms with Crippen LogP contribution in [0.2, 0.25) is 0 Å². The summed E-state index contributed by atoms with van der Waals surface area (Å²) in [4.78, 5) is 19.8. The van der Waals surface area contributed by atoms with Crippen molar-refractivity contribution in [3.63, 3.8) is 0 Å². The predicted molar refractivity (Wildman–Crippen MR) is 162 cm³/mol. The van der Waals surface area contributed by atoms with E-state index in [9.17, 15) is 9.90 Å². The van der Waals surface area contributed by atoms with Crippen LogP contribution >= 0.6 is 0 Å². The van der Waals surface area contributed by atoms with E-state index in [1.807, 2.05) is 12.1 Å². The Morgan fingerprint density at radius 3 is 1.87 bits per heavy atom. The van der Waals surface area contributed by atoms with Gasteiger partial charge in [0, 0.05) is 49.9 Å². The highest BCUT2D eigenvalue weighted by Gasteiger charge is 2.62. The molecule has 3 N–H and O–H groups in total. The van der Waals surface area contributed by atoms with E-state index in [-0.39, 0.29) is 27.8 Å². The number of carboxylic acids is 1. The topological polar surface area (TPSA) is 77.0 Å². The maximum atomic E-state index is 11.5. The monoisotopic (exact) mass is 528 g/mol. The van der Waals surface area contributed by atoms with Crippen molar-refractivity contribution in [2.45, 2.75) is 107 Å². The van der Waals surface area contributed by atoms with E-state index < -0.39 is 11.5 Å². The van der Waals surface area contributed by atoms with Gasteiger partial charge in [0.25, 0.3) is 0 Å². The van der Waals surface area contributed by atoms with Crippen molar-refractivity contribution in [3.8, 4) is 0 Å². The van der Waals surface area contributed by atoms with Crippen LogP contribution in [0.5, 0.6) is 0 Å². The Bertz CT molecular complexity index is 940. The van der Waals surface area contributed by atoms with Gasteiger partial charge in [-0.2, -0.15) is 0 Å². The van der Waals surface area contributed by atoms with Crippen molar-refractivity contribution in [2.75, 3.05) is 32.7 Å². The van der Waals surface area contributed by atoms with Gasteiger partial charge in [0.2, 0.25) is 0 Å². The summed E-state index contributed by atoms with van der Waals surface area (Å²) >= 11 is 0. The molecule has 0 bridgehead atoms. The molecule has 0 saturated heterocycles. The Morgan fingerprint density at radius 1 is 0.895 bits per heavy atom. The van der Waals surface area contributed by atoms with Crippen molar-refractivity contribution in [1.82, 2.24) is 15.5 Å². The highest BCUT2D eigenvalue weighted by Crippen LogP contribution is 2.54. The van der Waals surface area contributed by atoms with Crippen molar-refractivity contribution in [1.29, 1.82) is 0 Å². The fraction of sp³-hybridized carbons (Fsp3) is 0.750. The zero-order valence-electron chi connectivity index (χ0n) is 26.4. The maximum absolute atomic E-state index is 11.5. The number of hydrogen-bond donors (Lipinski definition) is 3. The summed E-state index contributed by atoms with van der Waals surface area (Å²) < 4.78 is 0. The van der Waals surface area contributed by atoms with Gasteiger partial charge in [-0.05, 0) is 54.7 Å². The third kappa shape index (κ3) is 7.05. The third-order valence-corrected chi connectivity index (χ3v) is 7.96. The molecule has 0 spiro atoms. The van der Waals surface area contributed by atoms with Crippen LogP contribution in [0.4, 0.5) is 0 Å². The molecule has 38 heavy (non-hydrogen) atoms. The Labute approximate surface area is 233 Å². The standard InChI is InChI=1S/C32H56N4O2/c1-28(2,3)26-22-34-18-17-33-19-20-35-25(21-23-13-15-24(16-14-23)27(37)38)32(29(4,5)6,30(7,8)9)36(26)31(10,11)12/h13-16,26,33-34H,17-22H2,1-12H3,(H,37,38)/t26-/m1/s1. The summed E-state index contributed by atoms with van der Waals surface area (Å²) in [5.74, 6) is -0.899. The summed E-state index contributed by atoms with van der Waals surface area (Å²) in [7, 11) is 0. The molecular formula is C32H56N4O2. The molecule has 0 fully saturated rings. The van der Waals surface area contributed by atoms with E-state index in [1.54, 1.807) is 12.1 Å². The first kappa shape index (κ1) is 32.5. The number of aromatic carboxylic acids is 1. The van der Waals surface area contributed by atoms with Crippen molar-refractivity contribution in [2.24, 2.45) is 21.2 Å². The molecule has 1 aromatic rings. The zero-order valence-corrected chi connectivity index (χ0v) is 26.4. The van der Waals surface area contributed by atoms with Crippen LogP contribution in [0.3, 0.4) is 0 Å². The van der Waals surface area contributed by atoms with E-state index >= 15 is 0 Å². The maximum Gasteiger partial charge on any atom is 0.335 e. The number of rotatable bonds is 3. The number of hydrogen-bond acceptors (Lipinski definition) is 5. The van der Waals surface area contributed by atoms with E-state index in [1.165, 1.54) is 5.71 Å². The SMILES string of the molecule is CC(C)(C)[C@H]1CNCCNCCN=C(Cc2ccc(C(=O)O)cc2)C(C(C)(C)C)(C(C)(C)C)N1C(C)(C)C. The van der Waals surface area contributed by atoms with Crippen LogP contribution in [0.15, 0.2) is 29.3 Å². The van der Waals surface area contributed by atoms with Crippen molar-refractivity contribution in [3.05, 3.63) is 35.4 Å². The fourth-order valence-corrected chi connectivity index (χ4v) is 6.91. The van der Waals surface area contributed by atoms with E-state index in [4.69, 9.17) is 4.99 Å². The van der Waals surface area contributed by atoms with Gasteiger partial charge in [0.15, 0.2) is 0 Å². The Balaban J connectivity index is 2.97. The predicted octanol–water partition coefficient (Wildman–Crippen LogP) is 5.91. The molecule has 2 rings (SSSR count). The van der Waals surface area contributed by atoms with Crippen LogP contribution < -0.4 is 10.6 Å². The molecular weight excluding hydrogens is 472 g/mol. The molecule has 1 aliphatic rings. The van der Waals surface area contributed by atoms with Gasteiger partial charge in [-0.1, -0.05) is 74.4 Å². The molecule has 0 radical (unpaired) electrons. The highest BCUT2D eigenvalue weighted by molar-refractivity contribution is 5.97. The van der Waals surface area contributed by atoms with Gasteiger partial charge >= 0.3 is 5.97 Å². The average molecular weight is 529 g/mol. The highest BCUT2D eigenvalue weighted by atomic mass is 16.4. The number of aliphatic imine (C=N–C) groups is 1. The largest absolute Gasteiger partial charge is 0.478 e. The van der Waals surface area contributed by atoms with Gasteiger partial charge in [0.1, 0.15) is 0 Å². The van der Waals surface area contributed by atoms with Crippen LogP contribution in [-0.4, -0.2) is 71.5 Å². The van der Waals surface area contributed by atoms with Crippen LogP contribution in [0.25, 0.3) is 0 Å². The minimum atomic E-state index is -0.899. The molecule has 0 unspecified atom stereocenters. The molecule has 0 aromatic heterocycles. The van der Waals surface area contributed by atoms with Crippen molar-refractivity contribution >= 4 is 11.7 Å². The minimum Gasteiger partial charge on any atom is -0.478 e. The van der Waals surface area contributed by atoms with E-state index in [0.29, 0.717) is 18.5 Å². The number of nitrogens with zero attached hydrogens (tertiary/aromatic N) is 2. The molecule has 216 valence electrons. The lowest BCUT2D eigenvalue weighted by Gasteiger charge is -2.67. The second kappa shape index (κ2) is 11.8. The summed E-state index contributed by atoms with van der Waals surface area (Å²) in [6.07, 6.45) is 0.672. The average Bonchev–Trinajstić information content (AvgIpc) is 2.72. The number of carbonyl (C=O) groups is 1. The normalized spacial score (nSPS) is 21.3. The summed E-state index contributed by atoms with van der Waals surface area (Å²) in [5.41, 5.74) is 1.68. The molecule has 6 nitrogen and oxygen atoms in total. The van der Waals surface area contributed by atoms with Gasteiger partial charge in [-0.3, -0.25) is 9.89 Å². The summed E-state index contributed by atoms with van der Waals surface area (Å²) in [6.45, 7) is 32.6. The lowest BCUT2D eigenvalue weighted by Crippen LogP contribution is -2.77. The molecule has 0 aliphatic carbocycles. The first-order chi connectivity index (χ1) is 17.2. The summed E-state index contributed by atoms with van der Waals surface area (Å²) in [5, 5.41) is 16.8. The Kier molecular flexibility index (Phi) is 10.1. The molecule has 1 heterocycles. The lowest BCUT2D eigenvalue weighted by molar-refractivity contribution is -0.128. The molecule has 0 saturated carbocycles. The van der Waals surface area contributed by atoms with Gasteiger partial charge in [-0.15, -0.1) is 0 Å². The molecule has 1 aliphatic heterocycles. The smallest absolute Gasteiger partial charge is 0.335 e. The first-order valence-corrected chi connectivity index (χ1v) is 14.3. The number of benzene rings is 1. The second-order valence-electron chi connectivity index (χ2n) is 15.1. The zero-order chi connectivity index (χ0) is 29.2. The second-order valence-corrected chi connectivity index (χ2v) is 15.1. The van der Waals surface area contributed by atoms with Crippen LogP contribution in [0, 0.1) is 16.2 Å².